The number of aromatic nitrogens is 2. The van der Waals surface area contributed by atoms with E-state index in [1.165, 1.54) is 19.3 Å². The monoisotopic (exact) mass is 250 g/mol. The van der Waals surface area contributed by atoms with E-state index in [0.717, 1.165) is 18.7 Å². The lowest BCUT2D eigenvalue weighted by molar-refractivity contribution is 0.325. The maximum atomic E-state index is 6.18. The van der Waals surface area contributed by atoms with Gasteiger partial charge in [0.1, 0.15) is 5.82 Å². The molecule has 0 spiro atoms. The molecule has 0 saturated heterocycles. The normalized spacial score (nSPS) is 24.3. The van der Waals surface area contributed by atoms with Gasteiger partial charge in [-0.25, -0.2) is 0 Å². The molecule has 100 valence electrons. The number of rotatable bonds is 4. The van der Waals surface area contributed by atoms with Crippen LogP contribution in [0.5, 0.6) is 5.88 Å². The minimum Gasteiger partial charge on any atom is -0.477 e. The van der Waals surface area contributed by atoms with E-state index in [1.807, 2.05) is 6.92 Å². The van der Waals surface area contributed by atoms with Crippen LogP contribution in [0, 0.1) is 0 Å². The summed E-state index contributed by atoms with van der Waals surface area (Å²) in [7, 11) is 0. The topological polar surface area (TPSA) is 73.1 Å². The predicted molar refractivity (Wildman–Crippen MR) is 71.7 cm³/mol. The summed E-state index contributed by atoms with van der Waals surface area (Å²) in [6.45, 7) is 2.53. The van der Waals surface area contributed by atoms with Crippen molar-refractivity contribution in [2.24, 2.45) is 5.73 Å². The molecule has 0 bridgehead atoms. The van der Waals surface area contributed by atoms with Gasteiger partial charge >= 0.3 is 0 Å². The van der Waals surface area contributed by atoms with Crippen LogP contribution in [0.3, 0.4) is 0 Å². The van der Waals surface area contributed by atoms with Gasteiger partial charge in [0.15, 0.2) is 0 Å². The van der Waals surface area contributed by atoms with Gasteiger partial charge in [-0.1, -0.05) is 19.3 Å². The molecular formula is C13H22N4O. The van der Waals surface area contributed by atoms with E-state index < -0.39 is 0 Å². The highest BCUT2D eigenvalue weighted by molar-refractivity contribution is 5.35. The zero-order valence-electron chi connectivity index (χ0n) is 10.9. The fourth-order valence-electron chi connectivity index (χ4n) is 2.34. The Balaban J connectivity index is 2.00. The Labute approximate surface area is 108 Å². The first-order valence-electron chi connectivity index (χ1n) is 6.76. The molecule has 2 rings (SSSR count). The van der Waals surface area contributed by atoms with Gasteiger partial charge in [-0.3, -0.25) is 4.98 Å². The van der Waals surface area contributed by atoms with E-state index in [-0.39, 0.29) is 6.04 Å². The fraction of sp³-hybridized carbons (Fsp3) is 0.692. The summed E-state index contributed by atoms with van der Waals surface area (Å²) in [4.78, 5) is 8.50. The quantitative estimate of drug-likeness (QED) is 0.799. The lowest BCUT2D eigenvalue weighted by Crippen LogP contribution is -2.39. The molecule has 1 heterocycles. The van der Waals surface area contributed by atoms with Crippen LogP contribution in [-0.4, -0.2) is 28.7 Å². The second-order valence-electron chi connectivity index (χ2n) is 4.73. The molecule has 18 heavy (non-hydrogen) atoms. The summed E-state index contributed by atoms with van der Waals surface area (Å²) >= 11 is 0. The van der Waals surface area contributed by atoms with E-state index in [1.54, 1.807) is 12.4 Å². The largest absolute Gasteiger partial charge is 0.477 e. The third-order valence-corrected chi connectivity index (χ3v) is 3.31. The van der Waals surface area contributed by atoms with Crippen molar-refractivity contribution in [1.82, 2.24) is 9.97 Å². The number of hydrogen-bond acceptors (Lipinski definition) is 5. The number of nitrogens with one attached hydrogen (secondary N) is 1. The van der Waals surface area contributed by atoms with Gasteiger partial charge in [-0.15, -0.1) is 0 Å². The number of nitrogens with two attached hydrogens (primary N) is 1. The van der Waals surface area contributed by atoms with Crippen molar-refractivity contribution in [3.05, 3.63) is 12.4 Å². The van der Waals surface area contributed by atoms with Crippen LogP contribution in [0.25, 0.3) is 0 Å². The highest BCUT2D eigenvalue weighted by Crippen LogP contribution is 2.20. The summed E-state index contributed by atoms with van der Waals surface area (Å²) in [5.41, 5.74) is 6.18. The maximum Gasteiger partial charge on any atom is 0.234 e. The van der Waals surface area contributed by atoms with Crippen LogP contribution in [0.1, 0.15) is 39.0 Å². The van der Waals surface area contributed by atoms with E-state index in [0.29, 0.717) is 18.5 Å². The average Bonchev–Trinajstić information content (AvgIpc) is 2.56. The standard InChI is InChI=1S/C13H22N4O/c1-2-18-13-9-15-8-12(17-13)16-11-7-5-3-4-6-10(11)14/h8-11H,2-7,14H2,1H3,(H,16,17). The lowest BCUT2D eigenvalue weighted by Gasteiger charge is -2.23. The molecule has 5 nitrogen and oxygen atoms in total. The molecule has 0 aromatic carbocycles. The van der Waals surface area contributed by atoms with Crippen molar-refractivity contribution in [1.29, 1.82) is 0 Å². The number of nitrogens with zero attached hydrogens (tertiary/aromatic N) is 2. The maximum absolute atomic E-state index is 6.18. The van der Waals surface area contributed by atoms with E-state index in [4.69, 9.17) is 10.5 Å². The SMILES string of the molecule is CCOc1cncc(NC2CCCCCC2N)n1. The Morgan fingerprint density at radius 3 is 3.00 bits per heavy atom. The number of ether oxygens (including phenoxy) is 1. The summed E-state index contributed by atoms with van der Waals surface area (Å²) < 4.78 is 5.34. The van der Waals surface area contributed by atoms with Crippen molar-refractivity contribution in [3.8, 4) is 5.88 Å². The minimum absolute atomic E-state index is 0.199. The molecule has 3 N–H and O–H groups in total. The predicted octanol–water partition coefficient (Wildman–Crippen LogP) is 1.95. The third kappa shape index (κ3) is 3.57. The molecule has 1 saturated carbocycles. The van der Waals surface area contributed by atoms with Gasteiger partial charge in [-0.05, 0) is 19.8 Å². The molecule has 2 unspecified atom stereocenters. The zero-order valence-corrected chi connectivity index (χ0v) is 10.9. The van der Waals surface area contributed by atoms with Crippen molar-refractivity contribution in [2.45, 2.75) is 51.1 Å². The molecule has 2 atom stereocenters. The summed E-state index contributed by atoms with van der Waals surface area (Å²) in [5.74, 6) is 1.31. The number of hydrogen-bond donors (Lipinski definition) is 2. The zero-order chi connectivity index (χ0) is 12.8. The first kappa shape index (κ1) is 13.1. The molecule has 1 aliphatic rings. The molecule has 0 amide bonds. The highest BCUT2D eigenvalue weighted by atomic mass is 16.5. The van der Waals surface area contributed by atoms with E-state index in [9.17, 15) is 0 Å². The Hall–Kier alpha value is -1.36. The number of anilines is 1. The van der Waals surface area contributed by atoms with Crippen LogP contribution in [0.15, 0.2) is 12.4 Å². The fourth-order valence-corrected chi connectivity index (χ4v) is 2.34. The average molecular weight is 250 g/mol. The second-order valence-corrected chi connectivity index (χ2v) is 4.73. The van der Waals surface area contributed by atoms with Crippen molar-refractivity contribution in [3.63, 3.8) is 0 Å². The molecule has 1 aromatic heterocycles. The Morgan fingerprint density at radius 1 is 1.33 bits per heavy atom. The lowest BCUT2D eigenvalue weighted by atomic mass is 10.0. The Kier molecular flexibility index (Phi) is 4.75. The minimum atomic E-state index is 0.199. The van der Waals surface area contributed by atoms with Gasteiger partial charge < -0.3 is 15.8 Å². The molecule has 1 aromatic rings. The van der Waals surface area contributed by atoms with Gasteiger partial charge in [0.2, 0.25) is 5.88 Å². The summed E-state index contributed by atoms with van der Waals surface area (Å²) in [6, 6.07) is 0.490. The van der Waals surface area contributed by atoms with E-state index >= 15 is 0 Å². The molecular weight excluding hydrogens is 228 g/mol. The van der Waals surface area contributed by atoms with Crippen LogP contribution < -0.4 is 15.8 Å². The molecule has 0 radical (unpaired) electrons. The second kappa shape index (κ2) is 6.54. The van der Waals surface area contributed by atoms with Gasteiger partial charge in [0, 0.05) is 12.1 Å². The van der Waals surface area contributed by atoms with Crippen molar-refractivity contribution < 1.29 is 4.74 Å². The van der Waals surface area contributed by atoms with Crippen LogP contribution in [-0.2, 0) is 0 Å². The first-order valence-corrected chi connectivity index (χ1v) is 6.76. The van der Waals surface area contributed by atoms with Crippen molar-refractivity contribution >= 4 is 5.82 Å². The molecule has 0 aliphatic heterocycles. The van der Waals surface area contributed by atoms with Crippen LogP contribution >= 0.6 is 0 Å². The Morgan fingerprint density at radius 2 is 2.17 bits per heavy atom. The smallest absolute Gasteiger partial charge is 0.234 e. The molecule has 1 fully saturated rings. The van der Waals surface area contributed by atoms with Gasteiger partial charge in [0.05, 0.1) is 19.0 Å². The summed E-state index contributed by atoms with van der Waals surface area (Å²) in [5, 5.41) is 3.39. The molecule has 5 heteroatoms. The van der Waals surface area contributed by atoms with Crippen molar-refractivity contribution in [2.75, 3.05) is 11.9 Å². The van der Waals surface area contributed by atoms with Crippen LogP contribution in [0.4, 0.5) is 5.82 Å². The first-order chi connectivity index (χ1) is 8.79. The van der Waals surface area contributed by atoms with Gasteiger partial charge in [0.25, 0.3) is 0 Å². The van der Waals surface area contributed by atoms with Crippen LogP contribution in [0.2, 0.25) is 0 Å². The Bertz CT molecular complexity index is 372. The summed E-state index contributed by atoms with van der Waals surface area (Å²) in [6.07, 6.45) is 9.25. The van der Waals surface area contributed by atoms with Gasteiger partial charge in [-0.2, -0.15) is 4.98 Å². The van der Waals surface area contributed by atoms with E-state index in [2.05, 4.69) is 15.3 Å². The highest BCUT2D eigenvalue weighted by Gasteiger charge is 2.20. The third-order valence-electron chi connectivity index (χ3n) is 3.31. The molecule has 1 aliphatic carbocycles.